The quantitative estimate of drug-likeness (QED) is 0.725. The van der Waals surface area contributed by atoms with Gasteiger partial charge in [-0.15, -0.1) is 5.10 Å². The zero-order valence-electron chi connectivity index (χ0n) is 10.8. The first-order valence-corrected chi connectivity index (χ1v) is 6.06. The van der Waals surface area contributed by atoms with Gasteiger partial charge in [0.15, 0.2) is 5.82 Å². The number of aryl methyl sites for hydroxylation is 1. The van der Waals surface area contributed by atoms with E-state index in [4.69, 9.17) is 5.73 Å². The second-order valence-corrected chi connectivity index (χ2v) is 4.47. The van der Waals surface area contributed by atoms with Crippen molar-refractivity contribution in [2.75, 3.05) is 5.73 Å². The third kappa shape index (κ3) is 2.11. The molecule has 0 bridgehead atoms. The molecule has 3 rings (SSSR count). The van der Waals surface area contributed by atoms with Gasteiger partial charge in [-0.05, 0) is 59.3 Å². The van der Waals surface area contributed by atoms with E-state index in [1.54, 1.807) is 18.2 Å². The van der Waals surface area contributed by atoms with Crippen molar-refractivity contribution in [3.8, 4) is 17.1 Å². The fourth-order valence-electron chi connectivity index (χ4n) is 1.96. The van der Waals surface area contributed by atoms with E-state index in [1.807, 2.05) is 19.1 Å². The van der Waals surface area contributed by atoms with Crippen molar-refractivity contribution in [1.29, 1.82) is 0 Å². The molecule has 0 radical (unpaired) electrons. The Morgan fingerprint density at radius 3 is 2.75 bits per heavy atom. The monoisotopic (exact) mass is 269 g/mol. The van der Waals surface area contributed by atoms with Gasteiger partial charge >= 0.3 is 0 Å². The van der Waals surface area contributed by atoms with Gasteiger partial charge in [0, 0.05) is 11.3 Å². The third-order valence-electron chi connectivity index (χ3n) is 3.05. The molecule has 0 fully saturated rings. The summed E-state index contributed by atoms with van der Waals surface area (Å²) in [5.41, 5.74) is 8.84. The molecular formula is C14H12FN5. The first-order chi connectivity index (χ1) is 9.65. The number of hydrogen-bond donors (Lipinski definition) is 1. The molecule has 3 aromatic rings. The molecule has 0 saturated heterocycles. The molecule has 0 aliphatic carbocycles. The van der Waals surface area contributed by atoms with Crippen molar-refractivity contribution in [3.63, 3.8) is 0 Å². The van der Waals surface area contributed by atoms with E-state index in [9.17, 15) is 4.39 Å². The number of tetrazole rings is 1. The highest BCUT2D eigenvalue weighted by atomic mass is 19.1. The van der Waals surface area contributed by atoms with Crippen LogP contribution in [0, 0.1) is 12.7 Å². The van der Waals surface area contributed by atoms with Crippen LogP contribution < -0.4 is 5.73 Å². The van der Waals surface area contributed by atoms with E-state index in [-0.39, 0.29) is 5.82 Å². The minimum atomic E-state index is -0.336. The van der Waals surface area contributed by atoms with Crippen LogP contribution in [0.1, 0.15) is 5.56 Å². The fourth-order valence-corrected chi connectivity index (χ4v) is 1.96. The van der Waals surface area contributed by atoms with Crippen LogP contribution in [0.4, 0.5) is 10.1 Å². The minimum absolute atomic E-state index is 0.336. The second kappa shape index (κ2) is 4.73. The topological polar surface area (TPSA) is 69.6 Å². The lowest BCUT2D eigenvalue weighted by molar-refractivity contribution is 0.625. The predicted molar refractivity (Wildman–Crippen MR) is 73.7 cm³/mol. The standard InChI is InChI=1S/C14H12FN5/c1-9-7-10(5-6-13(9)16)14-17-18-19-20(14)12-4-2-3-11(15)8-12/h2-8H,16H2,1H3. The highest BCUT2D eigenvalue weighted by Crippen LogP contribution is 2.23. The Morgan fingerprint density at radius 1 is 1.15 bits per heavy atom. The van der Waals surface area contributed by atoms with Crippen LogP contribution in [-0.2, 0) is 0 Å². The van der Waals surface area contributed by atoms with Crippen LogP contribution in [0.15, 0.2) is 42.5 Å². The average molecular weight is 269 g/mol. The van der Waals surface area contributed by atoms with Gasteiger partial charge in [0.05, 0.1) is 5.69 Å². The molecule has 0 amide bonds. The Morgan fingerprint density at radius 2 is 2.00 bits per heavy atom. The van der Waals surface area contributed by atoms with Gasteiger partial charge in [-0.1, -0.05) is 6.07 Å². The normalized spacial score (nSPS) is 10.7. The highest BCUT2D eigenvalue weighted by molar-refractivity contribution is 5.63. The van der Waals surface area contributed by atoms with Crippen molar-refractivity contribution in [1.82, 2.24) is 20.2 Å². The number of benzene rings is 2. The van der Waals surface area contributed by atoms with E-state index in [2.05, 4.69) is 15.5 Å². The molecular weight excluding hydrogens is 257 g/mol. The van der Waals surface area contributed by atoms with Crippen molar-refractivity contribution in [3.05, 3.63) is 53.8 Å². The summed E-state index contributed by atoms with van der Waals surface area (Å²) in [6, 6.07) is 11.7. The molecule has 0 aliphatic heterocycles. The van der Waals surface area contributed by atoms with Gasteiger partial charge < -0.3 is 5.73 Å². The van der Waals surface area contributed by atoms with Crippen LogP contribution >= 0.6 is 0 Å². The summed E-state index contributed by atoms with van der Waals surface area (Å²) in [5.74, 6) is 0.205. The zero-order chi connectivity index (χ0) is 14.1. The molecule has 100 valence electrons. The number of nitrogens with zero attached hydrogens (tertiary/aromatic N) is 4. The first-order valence-electron chi connectivity index (χ1n) is 6.06. The zero-order valence-corrected chi connectivity index (χ0v) is 10.8. The molecule has 1 heterocycles. The number of nitrogen functional groups attached to an aromatic ring is 1. The molecule has 0 unspecified atom stereocenters. The van der Waals surface area contributed by atoms with Gasteiger partial charge in [-0.2, -0.15) is 4.68 Å². The molecule has 0 atom stereocenters. The maximum atomic E-state index is 13.3. The predicted octanol–water partition coefficient (Wildman–Crippen LogP) is 2.36. The van der Waals surface area contributed by atoms with Crippen molar-refractivity contribution in [2.24, 2.45) is 0 Å². The summed E-state index contributed by atoms with van der Waals surface area (Å²) in [6.07, 6.45) is 0. The maximum Gasteiger partial charge on any atom is 0.187 e. The average Bonchev–Trinajstić information content (AvgIpc) is 2.91. The van der Waals surface area contributed by atoms with Gasteiger partial charge in [0.2, 0.25) is 0 Å². The van der Waals surface area contributed by atoms with E-state index in [0.717, 1.165) is 11.1 Å². The van der Waals surface area contributed by atoms with Crippen LogP contribution in [0.25, 0.3) is 17.1 Å². The van der Waals surface area contributed by atoms with Gasteiger partial charge in [0.1, 0.15) is 5.82 Å². The van der Waals surface area contributed by atoms with E-state index in [1.165, 1.54) is 16.8 Å². The van der Waals surface area contributed by atoms with E-state index >= 15 is 0 Å². The molecule has 5 nitrogen and oxygen atoms in total. The lowest BCUT2D eigenvalue weighted by Crippen LogP contribution is -2.00. The molecule has 6 heteroatoms. The molecule has 1 aromatic heterocycles. The van der Waals surface area contributed by atoms with Crippen LogP contribution in [0.2, 0.25) is 0 Å². The lowest BCUT2D eigenvalue weighted by atomic mass is 10.1. The number of aromatic nitrogens is 4. The highest BCUT2D eigenvalue weighted by Gasteiger charge is 2.11. The van der Waals surface area contributed by atoms with Gasteiger partial charge in [-0.3, -0.25) is 0 Å². The summed E-state index contributed by atoms with van der Waals surface area (Å²) < 4.78 is 14.8. The SMILES string of the molecule is Cc1cc(-c2nnnn2-c2cccc(F)c2)ccc1N. The molecule has 0 spiro atoms. The number of rotatable bonds is 2. The number of anilines is 1. The smallest absolute Gasteiger partial charge is 0.187 e. The van der Waals surface area contributed by atoms with E-state index in [0.29, 0.717) is 17.2 Å². The van der Waals surface area contributed by atoms with Crippen LogP contribution in [-0.4, -0.2) is 20.2 Å². The Balaban J connectivity index is 2.12. The van der Waals surface area contributed by atoms with Crippen LogP contribution in [0.3, 0.4) is 0 Å². The fraction of sp³-hybridized carbons (Fsp3) is 0.0714. The Kier molecular flexibility index (Phi) is 2.90. The molecule has 2 aromatic carbocycles. The maximum absolute atomic E-state index is 13.3. The lowest BCUT2D eigenvalue weighted by Gasteiger charge is -2.06. The minimum Gasteiger partial charge on any atom is -0.399 e. The van der Waals surface area contributed by atoms with Crippen molar-refractivity contribution in [2.45, 2.75) is 6.92 Å². The summed E-state index contributed by atoms with van der Waals surface area (Å²) in [5, 5.41) is 11.6. The summed E-state index contributed by atoms with van der Waals surface area (Å²) in [6.45, 7) is 1.91. The number of hydrogen-bond acceptors (Lipinski definition) is 4. The van der Waals surface area contributed by atoms with Crippen molar-refractivity contribution < 1.29 is 4.39 Å². The number of nitrogens with two attached hydrogens (primary N) is 1. The summed E-state index contributed by atoms with van der Waals surface area (Å²) in [7, 11) is 0. The Hall–Kier alpha value is -2.76. The molecule has 0 aliphatic rings. The third-order valence-corrected chi connectivity index (χ3v) is 3.05. The van der Waals surface area contributed by atoms with Gasteiger partial charge in [0.25, 0.3) is 0 Å². The summed E-state index contributed by atoms with van der Waals surface area (Å²) >= 11 is 0. The Bertz CT molecular complexity index is 766. The van der Waals surface area contributed by atoms with Gasteiger partial charge in [-0.25, -0.2) is 4.39 Å². The second-order valence-electron chi connectivity index (χ2n) is 4.47. The number of halogens is 1. The molecule has 0 saturated carbocycles. The molecule has 2 N–H and O–H groups in total. The van der Waals surface area contributed by atoms with Crippen LogP contribution in [0.5, 0.6) is 0 Å². The first kappa shape index (κ1) is 12.3. The Labute approximate surface area is 114 Å². The summed E-state index contributed by atoms with van der Waals surface area (Å²) in [4.78, 5) is 0. The van der Waals surface area contributed by atoms with Crippen molar-refractivity contribution >= 4 is 5.69 Å². The largest absolute Gasteiger partial charge is 0.399 e. The molecule has 20 heavy (non-hydrogen) atoms. The van der Waals surface area contributed by atoms with E-state index < -0.39 is 0 Å².